The number of hydrogen-bond donors (Lipinski definition) is 1. The Labute approximate surface area is 182 Å². The zero-order valence-electron chi connectivity index (χ0n) is 18.3. The smallest absolute Gasteiger partial charge is 0.226 e. The first-order valence-corrected chi connectivity index (χ1v) is 11.7. The lowest BCUT2D eigenvalue weighted by molar-refractivity contribution is -0.250. The van der Waals surface area contributed by atoms with Crippen LogP contribution in [0.2, 0.25) is 0 Å². The van der Waals surface area contributed by atoms with E-state index in [2.05, 4.69) is 13.8 Å². The molecule has 4 aliphatic carbocycles. The number of fused-ring (bicyclic) bond motifs is 7. The molecule has 7 heteroatoms. The first-order valence-electron chi connectivity index (χ1n) is 11.7. The normalized spacial score (nSPS) is 55.8. The number of aldehydes is 1. The molecule has 6 aliphatic rings. The van der Waals surface area contributed by atoms with E-state index in [-0.39, 0.29) is 30.7 Å². The van der Waals surface area contributed by atoms with Crippen LogP contribution >= 0.6 is 0 Å². The van der Waals surface area contributed by atoms with E-state index < -0.39 is 28.8 Å². The van der Waals surface area contributed by atoms with Gasteiger partial charge in [-0.2, -0.15) is 0 Å². The Bertz CT molecular complexity index is 841. The summed E-state index contributed by atoms with van der Waals surface area (Å²) in [4.78, 5) is 24.1. The summed E-state index contributed by atoms with van der Waals surface area (Å²) in [5, 5.41) is 11.2. The van der Waals surface area contributed by atoms with Crippen LogP contribution < -0.4 is 0 Å². The average molecular weight is 433 g/mol. The van der Waals surface area contributed by atoms with E-state index in [0.29, 0.717) is 24.7 Å². The lowest BCUT2D eigenvalue weighted by atomic mass is 9.45. The number of ketones is 1. The molecule has 7 nitrogen and oxygen atoms in total. The van der Waals surface area contributed by atoms with Gasteiger partial charge in [0.15, 0.2) is 19.4 Å². The van der Waals surface area contributed by atoms with Crippen molar-refractivity contribution in [2.45, 2.75) is 69.9 Å². The molecule has 2 aliphatic heterocycles. The van der Waals surface area contributed by atoms with Gasteiger partial charge in [0.1, 0.15) is 24.4 Å². The number of aliphatic hydroxyl groups is 1. The molecule has 0 aromatic rings. The second-order valence-corrected chi connectivity index (χ2v) is 11.0. The molecule has 9 atom stereocenters. The second-order valence-electron chi connectivity index (χ2n) is 11.0. The molecule has 0 aromatic carbocycles. The van der Waals surface area contributed by atoms with Gasteiger partial charge in [-0.15, -0.1) is 0 Å². The molecule has 0 amide bonds. The molecule has 3 saturated carbocycles. The Balaban J connectivity index is 1.38. The first-order chi connectivity index (χ1) is 14.8. The topological polar surface area (TPSA) is 91.3 Å². The molecular formula is C24H32O7. The minimum Gasteiger partial charge on any atom is -0.391 e. The van der Waals surface area contributed by atoms with Gasteiger partial charge in [0.05, 0.1) is 6.10 Å². The van der Waals surface area contributed by atoms with Crippen LogP contribution in [0.1, 0.15) is 52.4 Å². The Morgan fingerprint density at radius 3 is 2.58 bits per heavy atom. The number of hydrogen-bond acceptors (Lipinski definition) is 7. The molecule has 6 rings (SSSR count). The summed E-state index contributed by atoms with van der Waals surface area (Å²) < 4.78 is 24.1. The molecule has 0 radical (unpaired) electrons. The number of carbonyl (C=O) groups is 2. The maximum Gasteiger partial charge on any atom is 0.226 e. The fourth-order valence-electron chi connectivity index (χ4n) is 8.82. The van der Waals surface area contributed by atoms with Crippen molar-refractivity contribution < 1.29 is 33.6 Å². The van der Waals surface area contributed by atoms with Crippen molar-refractivity contribution in [2.75, 3.05) is 20.2 Å². The predicted molar refractivity (Wildman–Crippen MR) is 107 cm³/mol. The van der Waals surface area contributed by atoms with Crippen molar-refractivity contribution in [1.29, 1.82) is 0 Å². The quantitative estimate of drug-likeness (QED) is 0.502. The highest BCUT2D eigenvalue weighted by Crippen LogP contribution is 2.71. The van der Waals surface area contributed by atoms with Crippen molar-refractivity contribution in [3.05, 3.63) is 11.6 Å². The van der Waals surface area contributed by atoms with E-state index in [1.54, 1.807) is 6.08 Å². The van der Waals surface area contributed by atoms with Gasteiger partial charge in [0, 0.05) is 10.8 Å². The van der Waals surface area contributed by atoms with Crippen LogP contribution in [-0.2, 0) is 28.5 Å². The lowest BCUT2D eigenvalue weighted by Crippen LogP contribution is -2.64. The van der Waals surface area contributed by atoms with E-state index in [4.69, 9.17) is 18.9 Å². The largest absolute Gasteiger partial charge is 0.391 e. The summed E-state index contributed by atoms with van der Waals surface area (Å²) in [5.41, 5.74) is -0.132. The summed E-state index contributed by atoms with van der Waals surface area (Å²) >= 11 is 0. The minimum atomic E-state index is -0.950. The van der Waals surface area contributed by atoms with E-state index in [1.807, 2.05) is 0 Å². The van der Waals surface area contributed by atoms with Gasteiger partial charge in [0.25, 0.3) is 0 Å². The monoisotopic (exact) mass is 432 g/mol. The molecule has 2 saturated heterocycles. The van der Waals surface area contributed by atoms with Crippen molar-refractivity contribution in [3.63, 3.8) is 0 Å². The van der Waals surface area contributed by atoms with E-state index in [0.717, 1.165) is 44.1 Å². The molecule has 0 bridgehead atoms. The molecule has 5 fully saturated rings. The first kappa shape index (κ1) is 20.5. The average Bonchev–Trinajstić information content (AvgIpc) is 3.45. The Morgan fingerprint density at radius 2 is 1.84 bits per heavy atom. The summed E-state index contributed by atoms with van der Waals surface area (Å²) in [6.45, 7) is 5.28. The molecule has 0 aromatic heterocycles. The van der Waals surface area contributed by atoms with Gasteiger partial charge in [0.2, 0.25) is 5.79 Å². The minimum absolute atomic E-state index is 0.116. The maximum absolute atomic E-state index is 12.4. The Morgan fingerprint density at radius 1 is 1.06 bits per heavy atom. The zero-order chi connectivity index (χ0) is 21.6. The zero-order valence-corrected chi connectivity index (χ0v) is 18.3. The highest BCUT2D eigenvalue weighted by Gasteiger charge is 2.76. The third kappa shape index (κ3) is 2.22. The van der Waals surface area contributed by atoms with Gasteiger partial charge in [-0.25, -0.2) is 0 Å². The van der Waals surface area contributed by atoms with Crippen molar-refractivity contribution >= 4 is 12.1 Å². The molecule has 1 N–H and O–H groups in total. The van der Waals surface area contributed by atoms with Gasteiger partial charge >= 0.3 is 0 Å². The van der Waals surface area contributed by atoms with E-state index in [9.17, 15) is 14.7 Å². The fraction of sp³-hybridized carbons (Fsp3) is 0.833. The highest BCUT2D eigenvalue weighted by molar-refractivity contribution is 6.03. The number of ether oxygens (including phenoxy) is 4. The van der Waals surface area contributed by atoms with Crippen molar-refractivity contribution in [2.24, 2.45) is 34.5 Å². The molecule has 9 unspecified atom stereocenters. The Hall–Kier alpha value is -1.12. The van der Waals surface area contributed by atoms with Crippen LogP contribution in [0.25, 0.3) is 0 Å². The van der Waals surface area contributed by atoms with Crippen LogP contribution in [0.4, 0.5) is 0 Å². The number of carbonyl (C=O) groups excluding carboxylic acids is 2. The van der Waals surface area contributed by atoms with E-state index >= 15 is 0 Å². The van der Waals surface area contributed by atoms with Gasteiger partial charge < -0.3 is 28.8 Å². The van der Waals surface area contributed by atoms with Crippen LogP contribution in [-0.4, -0.2) is 54.9 Å². The molecular weight excluding hydrogens is 400 g/mol. The highest BCUT2D eigenvalue weighted by atomic mass is 16.9. The molecule has 2 heterocycles. The second kappa shape index (κ2) is 6.48. The predicted octanol–water partition coefficient (Wildman–Crippen LogP) is 2.36. The van der Waals surface area contributed by atoms with Crippen LogP contribution in [0, 0.1) is 34.5 Å². The fourth-order valence-corrected chi connectivity index (χ4v) is 8.82. The third-order valence-corrected chi connectivity index (χ3v) is 10.4. The van der Waals surface area contributed by atoms with Crippen LogP contribution in [0.5, 0.6) is 0 Å². The van der Waals surface area contributed by atoms with Gasteiger partial charge in [-0.05, 0) is 62.4 Å². The molecule has 170 valence electrons. The standard InChI is InChI=1S/C24H32O7/c1-21-7-5-18-15(4-3-14-9-19(26)16(10-25)20(27)22(14,18)2)17(21)6-8-23(21)24(31-13-29-23)11-28-12-30-24/h9-10,15-18,20,27H,3-8,11-13H2,1-2H3. The van der Waals surface area contributed by atoms with Crippen LogP contribution in [0.3, 0.4) is 0 Å². The third-order valence-electron chi connectivity index (χ3n) is 10.4. The summed E-state index contributed by atoms with van der Waals surface area (Å²) in [7, 11) is 0. The molecule has 2 spiro atoms. The van der Waals surface area contributed by atoms with Crippen molar-refractivity contribution in [3.8, 4) is 0 Å². The summed E-state index contributed by atoms with van der Waals surface area (Å²) in [5.74, 6) is -0.969. The SMILES string of the molecule is CC12C(=CC(=O)C(C=O)C1O)CCC1C2CCC2(C)C1CCC21OCOC12COCO2. The van der Waals surface area contributed by atoms with Crippen molar-refractivity contribution in [1.82, 2.24) is 0 Å². The van der Waals surface area contributed by atoms with E-state index in [1.165, 1.54) is 0 Å². The molecule has 31 heavy (non-hydrogen) atoms. The lowest BCUT2D eigenvalue weighted by Gasteiger charge is -2.61. The number of aliphatic hydroxyl groups excluding tert-OH is 1. The summed E-state index contributed by atoms with van der Waals surface area (Å²) in [6.07, 6.45) is 6.90. The van der Waals surface area contributed by atoms with Gasteiger partial charge in [-0.1, -0.05) is 19.4 Å². The summed E-state index contributed by atoms with van der Waals surface area (Å²) in [6, 6.07) is 0. The van der Waals surface area contributed by atoms with Crippen LogP contribution in [0.15, 0.2) is 11.6 Å². The maximum atomic E-state index is 12.4. The number of rotatable bonds is 1. The Kier molecular flexibility index (Phi) is 4.28. The van der Waals surface area contributed by atoms with Gasteiger partial charge in [-0.3, -0.25) is 4.79 Å².